The van der Waals surface area contributed by atoms with Crippen LogP contribution in [0.1, 0.15) is 106 Å². The van der Waals surface area contributed by atoms with Gasteiger partial charge in [-0.15, -0.1) is 0 Å². The Morgan fingerprint density at radius 1 is 0.591 bits per heavy atom. The Hall–Kier alpha value is -0.0400. The number of unbranched alkanes of at least 4 members (excludes halogenated alkanes) is 9. The lowest BCUT2D eigenvalue weighted by molar-refractivity contribution is -0.930. The Bertz CT molecular complexity index is 235. The Morgan fingerprint density at radius 3 is 1.36 bits per heavy atom. The third-order valence-electron chi connectivity index (χ3n) is 5.14. The molecule has 0 spiro atoms. The first kappa shape index (κ1) is 22.0. The maximum atomic E-state index is 2.39. The largest absolute Gasteiger partial charge is 0.324 e. The van der Waals surface area contributed by atoms with Gasteiger partial charge in [0, 0.05) is 5.41 Å². The normalized spacial score (nSPS) is 12.8. The fourth-order valence-electron chi connectivity index (χ4n) is 3.78. The number of nitrogens with zero attached hydrogens (tertiary/aromatic N) is 1. The lowest BCUT2D eigenvalue weighted by Gasteiger charge is -2.41. The Balaban J connectivity index is 3.73. The fraction of sp³-hybridized carbons (Fsp3) is 1.00. The Morgan fingerprint density at radius 2 is 1.00 bits per heavy atom. The van der Waals surface area contributed by atoms with Gasteiger partial charge in [-0.3, -0.25) is 0 Å². The van der Waals surface area contributed by atoms with Gasteiger partial charge in [-0.1, -0.05) is 79.1 Å². The summed E-state index contributed by atoms with van der Waals surface area (Å²) in [5.41, 5.74) is 0.449. The molecule has 0 aromatic rings. The van der Waals surface area contributed by atoms with Crippen LogP contribution in [-0.4, -0.2) is 30.7 Å². The van der Waals surface area contributed by atoms with Gasteiger partial charge in [0.25, 0.3) is 0 Å². The zero-order chi connectivity index (χ0) is 16.9. The molecule has 0 radical (unpaired) electrons. The second-order valence-corrected chi connectivity index (χ2v) is 8.60. The molecular weight excluding hydrogens is 266 g/mol. The van der Waals surface area contributed by atoms with Crippen molar-refractivity contribution in [3.8, 4) is 0 Å². The summed E-state index contributed by atoms with van der Waals surface area (Å²) in [5.74, 6) is 0. The molecule has 0 aliphatic carbocycles. The van der Waals surface area contributed by atoms with Crippen molar-refractivity contribution in [1.82, 2.24) is 0 Å². The molecule has 0 aromatic carbocycles. The van der Waals surface area contributed by atoms with Crippen LogP contribution in [0.15, 0.2) is 0 Å². The van der Waals surface area contributed by atoms with Crippen molar-refractivity contribution in [2.75, 3.05) is 26.2 Å². The van der Waals surface area contributed by atoms with Crippen LogP contribution in [0.3, 0.4) is 0 Å². The first-order valence-electron chi connectivity index (χ1n) is 10.2. The monoisotopic (exact) mass is 312 g/mol. The van der Waals surface area contributed by atoms with E-state index in [2.05, 4.69) is 41.5 Å². The second-order valence-electron chi connectivity index (χ2n) is 8.60. The van der Waals surface area contributed by atoms with E-state index in [0.717, 1.165) is 0 Å². The predicted octanol–water partition coefficient (Wildman–Crippen LogP) is 6.81. The Kier molecular flexibility index (Phi) is 12.4. The van der Waals surface area contributed by atoms with Crippen LogP contribution in [0.4, 0.5) is 0 Å². The van der Waals surface area contributed by atoms with Crippen molar-refractivity contribution in [2.24, 2.45) is 5.41 Å². The zero-order valence-corrected chi connectivity index (χ0v) is 16.8. The van der Waals surface area contributed by atoms with Gasteiger partial charge in [0.05, 0.1) is 26.2 Å². The van der Waals surface area contributed by atoms with Crippen molar-refractivity contribution in [2.45, 2.75) is 106 Å². The quantitative estimate of drug-likeness (QED) is 0.244. The molecule has 0 saturated carbocycles. The van der Waals surface area contributed by atoms with Crippen molar-refractivity contribution in [3.63, 3.8) is 0 Å². The first-order valence-corrected chi connectivity index (χ1v) is 10.2. The molecule has 0 aliphatic heterocycles. The van der Waals surface area contributed by atoms with Crippen LogP contribution in [0.25, 0.3) is 0 Å². The van der Waals surface area contributed by atoms with E-state index in [9.17, 15) is 0 Å². The highest BCUT2D eigenvalue weighted by atomic mass is 15.3. The lowest BCUT2D eigenvalue weighted by atomic mass is 9.94. The van der Waals surface area contributed by atoms with Crippen LogP contribution in [0.5, 0.6) is 0 Å². The summed E-state index contributed by atoms with van der Waals surface area (Å²) in [5, 5.41) is 0. The van der Waals surface area contributed by atoms with Gasteiger partial charge in [-0.2, -0.15) is 0 Å². The average Bonchev–Trinajstić information content (AvgIpc) is 2.46. The molecule has 0 rings (SSSR count). The number of quaternary nitrogens is 1. The predicted molar refractivity (Wildman–Crippen MR) is 102 cm³/mol. The third-order valence-corrected chi connectivity index (χ3v) is 5.14. The van der Waals surface area contributed by atoms with Crippen molar-refractivity contribution >= 4 is 0 Å². The van der Waals surface area contributed by atoms with E-state index >= 15 is 0 Å². The molecule has 0 aromatic heterocycles. The molecule has 0 bridgehead atoms. The van der Waals surface area contributed by atoms with E-state index in [1.807, 2.05) is 0 Å². The van der Waals surface area contributed by atoms with E-state index in [1.165, 1.54) is 94.9 Å². The van der Waals surface area contributed by atoms with Gasteiger partial charge in [-0.05, 0) is 26.7 Å². The summed E-state index contributed by atoms with van der Waals surface area (Å²) in [6.07, 6.45) is 14.4. The summed E-state index contributed by atoms with van der Waals surface area (Å²) in [7, 11) is 0. The molecule has 0 heterocycles. The summed E-state index contributed by atoms with van der Waals surface area (Å²) in [4.78, 5) is 0. The van der Waals surface area contributed by atoms with Gasteiger partial charge < -0.3 is 4.48 Å². The highest BCUT2D eigenvalue weighted by Crippen LogP contribution is 2.22. The van der Waals surface area contributed by atoms with Gasteiger partial charge in [0.15, 0.2) is 0 Å². The molecular formula is C21H46N+. The topological polar surface area (TPSA) is 0 Å². The standard InChI is InChI=1S/C21H46N/c1-7-10-11-12-13-14-15-16-17-18-19-22(8-2,9-3)20-21(4,5)6/h7-20H2,1-6H3/q+1. The van der Waals surface area contributed by atoms with Crippen LogP contribution in [0.2, 0.25) is 0 Å². The molecule has 0 atom stereocenters. The number of hydrogen-bond donors (Lipinski definition) is 0. The van der Waals surface area contributed by atoms with E-state index < -0.39 is 0 Å². The molecule has 1 nitrogen and oxygen atoms in total. The van der Waals surface area contributed by atoms with Crippen LogP contribution in [-0.2, 0) is 0 Å². The molecule has 0 fully saturated rings. The third kappa shape index (κ3) is 11.5. The molecule has 134 valence electrons. The lowest BCUT2D eigenvalue weighted by Crippen LogP contribution is -2.52. The molecule has 0 aliphatic rings. The SMILES string of the molecule is CCCCCCCCCCCC[N+](CC)(CC)CC(C)(C)C. The maximum absolute atomic E-state index is 2.39. The van der Waals surface area contributed by atoms with E-state index in [1.54, 1.807) is 0 Å². The smallest absolute Gasteiger partial charge is 0.0835 e. The van der Waals surface area contributed by atoms with Crippen LogP contribution < -0.4 is 0 Å². The molecule has 0 unspecified atom stereocenters. The van der Waals surface area contributed by atoms with Gasteiger partial charge in [0.2, 0.25) is 0 Å². The van der Waals surface area contributed by atoms with Crippen LogP contribution in [0, 0.1) is 5.41 Å². The molecule has 1 heteroatoms. The van der Waals surface area contributed by atoms with Crippen molar-refractivity contribution in [1.29, 1.82) is 0 Å². The van der Waals surface area contributed by atoms with E-state index in [0.29, 0.717) is 5.41 Å². The maximum Gasteiger partial charge on any atom is 0.0835 e. The Labute approximate surface area is 142 Å². The van der Waals surface area contributed by atoms with Crippen LogP contribution >= 0.6 is 0 Å². The van der Waals surface area contributed by atoms with E-state index in [-0.39, 0.29) is 0 Å². The van der Waals surface area contributed by atoms with Crippen molar-refractivity contribution < 1.29 is 4.48 Å². The minimum Gasteiger partial charge on any atom is -0.324 e. The summed E-state index contributed by atoms with van der Waals surface area (Å²) in [6, 6.07) is 0. The number of hydrogen-bond acceptors (Lipinski definition) is 0. The number of rotatable bonds is 14. The molecule has 22 heavy (non-hydrogen) atoms. The second kappa shape index (κ2) is 12.4. The summed E-state index contributed by atoms with van der Waals surface area (Å²) in [6.45, 7) is 19.5. The summed E-state index contributed by atoms with van der Waals surface area (Å²) < 4.78 is 1.32. The van der Waals surface area contributed by atoms with Gasteiger partial charge >= 0.3 is 0 Å². The van der Waals surface area contributed by atoms with E-state index in [4.69, 9.17) is 0 Å². The van der Waals surface area contributed by atoms with Gasteiger partial charge in [-0.25, -0.2) is 0 Å². The summed E-state index contributed by atoms with van der Waals surface area (Å²) >= 11 is 0. The minimum atomic E-state index is 0.449. The fourth-order valence-corrected chi connectivity index (χ4v) is 3.78. The van der Waals surface area contributed by atoms with Gasteiger partial charge in [0.1, 0.15) is 0 Å². The minimum absolute atomic E-state index is 0.449. The molecule has 0 amide bonds. The average molecular weight is 313 g/mol. The molecule has 0 N–H and O–H groups in total. The zero-order valence-electron chi connectivity index (χ0n) is 16.8. The first-order chi connectivity index (χ1) is 10.4. The van der Waals surface area contributed by atoms with Crippen molar-refractivity contribution in [3.05, 3.63) is 0 Å². The highest BCUT2D eigenvalue weighted by molar-refractivity contribution is 4.61. The molecule has 0 saturated heterocycles. The highest BCUT2D eigenvalue weighted by Gasteiger charge is 2.29.